The van der Waals surface area contributed by atoms with Gasteiger partial charge in [-0.3, -0.25) is 0 Å². The Kier molecular flexibility index (Phi) is 4.15. The fraction of sp³-hybridized carbons (Fsp3) is 0.462. The largest absolute Gasteiger partial charge is 0.478 e. The van der Waals surface area contributed by atoms with Crippen LogP contribution < -0.4 is 10.6 Å². The van der Waals surface area contributed by atoms with Gasteiger partial charge in [-0.2, -0.15) is 0 Å². The van der Waals surface area contributed by atoms with Crippen LogP contribution in [0.25, 0.3) is 0 Å². The van der Waals surface area contributed by atoms with Crippen molar-refractivity contribution in [2.75, 3.05) is 25.0 Å². The molecule has 0 amide bonds. The zero-order valence-corrected chi connectivity index (χ0v) is 10.1. The highest BCUT2D eigenvalue weighted by atomic mass is 19.1. The lowest BCUT2D eigenvalue weighted by Gasteiger charge is -2.23. The SMILES string of the molecule is O=C(O)c1ccc(F)c(NCC2CCCNC2)c1. The molecule has 1 unspecified atom stereocenters. The van der Waals surface area contributed by atoms with Gasteiger partial charge < -0.3 is 15.7 Å². The zero-order chi connectivity index (χ0) is 13.0. The number of rotatable bonds is 4. The average molecular weight is 252 g/mol. The van der Waals surface area contributed by atoms with Gasteiger partial charge >= 0.3 is 5.97 Å². The van der Waals surface area contributed by atoms with Gasteiger partial charge in [-0.05, 0) is 50.0 Å². The molecule has 3 N–H and O–H groups in total. The summed E-state index contributed by atoms with van der Waals surface area (Å²) in [5.74, 6) is -0.993. The van der Waals surface area contributed by atoms with Crippen molar-refractivity contribution in [3.63, 3.8) is 0 Å². The second-order valence-electron chi connectivity index (χ2n) is 4.59. The molecule has 1 atom stereocenters. The van der Waals surface area contributed by atoms with E-state index in [9.17, 15) is 9.18 Å². The first kappa shape index (κ1) is 12.8. The van der Waals surface area contributed by atoms with Gasteiger partial charge in [0.1, 0.15) is 5.82 Å². The van der Waals surface area contributed by atoms with Crippen LogP contribution in [0.5, 0.6) is 0 Å². The number of hydrogen-bond acceptors (Lipinski definition) is 3. The van der Waals surface area contributed by atoms with Crippen molar-refractivity contribution < 1.29 is 14.3 Å². The maximum Gasteiger partial charge on any atom is 0.335 e. The molecule has 1 aromatic rings. The topological polar surface area (TPSA) is 61.4 Å². The van der Waals surface area contributed by atoms with Gasteiger partial charge in [-0.25, -0.2) is 9.18 Å². The molecule has 0 saturated carbocycles. The van der Waals surface area contributed by atoms with Crippen LogP contribution in [0.1, 0.15) is 23.2 Å². The molecule has 1 saturated heterocycles. The molecule has 0 bridgehead atoms. The smallest absolute Gasteiger partial charge is 0.335 e. The Balaban J connectivity index is 1.99. The van der Waals surface area contributed by atoms with E-state index in [1.807, 2.05) is 0 Å². The van der Waals surface area contributed by atoms with Crippen LogP contribution in [0.4, 0.5) is 10.1 Å². The third kappa shape index (κ3) is 3.20. The number of carbonyl (C=O) groups is 1. The minimum absolute atomic E-state index is 0.0978. The van der Waals surface area contributed by atoms with E-state index >= 15 is 0 Å². The Morgan fingerprint density at radius 3 is 3.06 bits per heavy atom. The number of aromatic carboxylic acids is 1. The summed E-state index contributed by atoms with van der Waals surface area (Å²) in [5, 5.41) is 15.1. The van der Waals surface area contributed by atoms with E-state index in [0.29, 0.717) is 12.5 Å². The maximum atomic E-state index is 13.5. The van der Waals surface area contributed by atoms with E-state index < -0.39 is 11.8 Å². The summed E-state index contributed by atoms with van der Waals surface area (Å²) in [6, 6.07) is 3.80. The predicted molar refractivity (Wildman–Crippen MR) is 67.4 cm³/mol. The number of piperidine rings is 1. The van der Waals surface area contributed by atoms with Crippen LogP contribution in [0, 0.1) is 11.7 Å². The highest BCUT2D eigenvalue weighted by Gasteiger charge is 2.14. The summed E-state index contributed by atoms with van der Waals surface area (Å²) in [5.41, 5.74) is 0.362. The van der Waals surface area contributed by atoms with Crippen molar-refractivity contribution >= 4 is 11.7 Å². The zero-order valence-electron chi connectivity index (χ0n) is 10.1. The van der Waals surface area contributed by atoms with Crippen LogP contribution >= 0.6 is 0 Å². The van der Waals surface area contributed by atoms with E-state index in [-0.39, 0.29) is 11.3 Å². The van der Waals surface area contributed by atoms with Crippen LogP contribution in [0.2, 0.25) is 0 Å². The molecule has 18 heavy (non-hydrogen) atoms. The summed E-state index contributed by atoms with van der Waals surface area (Å²) < 4.78 is 13.5. The van der Waals surface area contributed by atoms with Gasteiger partial charge in [0, 0.05) is 6.54 Å². The highest BCUT2D eigenvalue weighted by Crippen LogP contribution is 2.18. The van der Waals surface area contributed by atoms with E-state index in [4.69, 9.17) is 5.11 Å². The highest BCUT2D eigenvalue weighted by molar-refractivity contribution is 5.88. The number of halogens is 1. The number of nitrogens with one attached hydrogen (secondary N) is 2. The van der Waals surface area contributed by atoms with Crippen LogP contribution in [0.3, 0.4) is 0 Å². The van der Waals surface area contributed by atoms with Gasteiger partial charge in [0.05, 0.1) is 11.3 Å². The van der Waals surface area contributed by atoms with Gasteiger partial charge in [-0.1, -0.05) is 0 Å². The Bertz CT molecular complexity index is 431. The number of carboxylic acid groups (broad SMARTS) is 1. The molecular weight excluding hydrogens is 235 g/mol. The van der Waals surface area contributed by atoms with E-state index in [1.54, 1.807) is 0 Å². The van der Waals surface area contributed by atoms with Crippen molar-refractivity contribution in [2.45, 2.75) is 12.8 Å². The van der Waals surface area contributed by atoms with E-state index in [2.05, 4.69) is 10.6 Å². The molecule has 1 fully saturated rings. The predicted octanol–water partition coefficient (Wildman–Crippen LogP) is 1.94. The molecule has 0 spiro atoms. The van der Waals surface area contributed by atoms with Crippen molar-refractivity contribution in [2.24, 2.45) is 5.92 Å². The van der Waals surface area contributed by atoms with Crippen molar-refractivity contribution in [3.05, 3.63) is 29.6 Å². The molecule has 2 rings (SSSR count). The van der Waals surface area contributed by atoms with Crippen LogP contribution in [-0.2, 0) is 0 Å². The third-order valence-electron chi connectivity index (χ3n) is 3.19. The lowest BCUT2D eigenvalue weighted by molar-refractivity contribution is 0.0697. The Hall–Kier alpha value is -1.62. The van der Waals surface area contributed by atoms with Gasteiger partial charge in [0.25, 0.3) is 0 Å². The molecule has 5 heteroatoms. The monoisotopic (exact) mass is 252 g/mol. The minimum atomic E-state index is -1.04. The normalized spacial score (nSPS) is 19.5. The number of carboxylic acids is 1. The third-order valence-corrected chi connectivity index (χ3v) is 3.19. The molecule has 1 aliphatic rings. The summed E-state index contributed by atoms with van der Waals surface area (Å²) >= 11 is 0. The van der Waals surface area contributed by atoms with Crippen LogP contribution in [-0.4, -0.2) is 30.7 Å². The Morgan fingerprint density at radius 1 is 1.56 bits per heavy atom. The van der Waals surface area contributed by atoms with Crippen molar-refractivity contribution in [1.82, 2.24) is 5.32 Å². The number of benzene rings is 1. The fourth-order valence-electron chi connectivity index (χ4n) is 2.15. The summed E-state index contributed by atoms with van der Waals surface area (Å²) in [4.78, 5) is 10.8. The van der Waals surface area contributed by atoms with Gasteiger partial charge in [0.2, 0.25) is 0 Å². The quantitative estimate of drug-likeness (QED) is 0.766. The van der Waals surface area contributed by atoms with E-state index in [1.165, 1.54) is 18.2 Å². The molecule has 4 nitrogen and oxygen atoms in total. The summed E-state index contributed by atoms with van der Waals surface area (Å²) in [7, 11) is 0. The molecule has 0 aromatic heterocycles. The van der Waals surface area contributed by atoms with Gasteiger partial charge in [0.15, 0.2) is 0 Å². The number of anilines is 1. The molecule has 1 aromatic carbocycles. The lowest BCUT2D eigenvalue weighted by Crippen LogP contribution is -2.33. The first-order valence-electron chi connectivity index (χ1n) is 6.14. The van der Waals surface area contributed by atoms with Gasteiger partial charge in [-0.15, -0.1) is 0 Å². The Morgan fingerprint density at radius 2 is 2.39 bits per heavy atom. The van der Waals surface area contributed by atoms with Crippen molar-refractivity contribution in [3.8, 4) is 0 Å². The summed E-state index contributed by atoms with van der Waals surface area (Å²) in [6.45, 7) is 2.62. The van der Waals surface area contributed by atoms with Crippen molar-refractivity contribution in [1.29, 1.82) is 0 Å². The maximum absolute atomic E-state index is 13.5. The molecular formula is C13H17FN2O2. The summed E-state index contributed by atoms with van der Waals surface area (Å²) in [6.07, 6.45) is 2.24. The molecule has 1 heterocycles. The molecule has 0 aliphatic carbocycles. The first-order chi connectivity index (χ1) is 8.66. The van der Waals surface area contributed by atoms with Crippen LogP contribution in [0.15, 0.2) is 18.2 Å². The second kappa shape index (κ2) is 5.82. The Labute approximate surface area is 105 Å². The first-order valence-corrected chi connectivity index (χ1v) is 6.14. The van der Waals surface area contributed by atoms with E-state index in [0.717, 1.165) is 25.9 Å². The molecule has 1 aliphatic heterocycles. The second-order valence-corrected chi connectivity index (χ2v) is 4.59. The standard InChI is InChI=1S/C13H17FN2O2/c14-11-4-3-10(13(17)18)6-12(11)16-8-9-2-1-5-15-7-9/h3-4,6,9,15-16H,1-2,5,7-8H2,(H,17,18). The lowest BCUT2D eigenvalue weighted by atomic mass is 9.99. The average Bonchev–Trinajstić information content (AvgIpc) is 2.38. The minimum Gasteiger partial charge on any atom is -0.478 e. The fourth-order valence-corrected chi connectivity index (χ4v) is 2.15. The molecule has 0 radical (unpaired) electrons. The number of hydrogen-bond donors (Lipinski definition) is 3. The molecule has 98 valence electrons.